The minimum atomic E-state index is 0. The summed E-state index contributed by atoms with van der Waals surface area (Å²) >= 11 is 0. The molecular formula is C15H33IN4. The third kappa shape index (κ3) is 7.11. The van der Waals surface area contributed by atoms with Crippen molar-refractivity contribution >= 4 is 29.9 Å². The second-order valence-corrected chi connectivity index (χ2v) is 5.45. The molecule has 0 aromatic rings. The molecule has 0 spiro atoms. The predicted molar refractivity (Wildman–Crippen MR) is 99.2 cm³/mol. The Morgan fingerprint density at radius 2 is 2.05 bits per heavy atom. The number of guanidine groups is 1. The summed E-state index contributed by atoms with van der Waals surface area (Å²) in [5, 5.41) is 6.80. The van der Waals surface area contributed by atoms with Gasteiger partial charge in [0.15, 0.2) is 5.96 Å². The normalized spacial score (nSPS) is 22.0. The van der Waals surface area contributed by atoms with Crippen LogP contribution in [0.4, 0.5) is 0 Å². The number of halogens is 1. The molecule has 0 bridgehead atoms. The fourth-order valence-corrected chi connectivity index (χ4v) is 2.54. The summed E-state index contributed by atoms with van der Waals surface area (Å²) in [6.07, 6.45) is 5.11. The SMILES string of the molecule is CCNC(=NCC1CCCCN1CC)NC(C)CC.I. The Morgan fingerprint density at radius 3 is 2.65 bits per heavy atom. The van der Waals surface area contributed by atoms with Crippen LogP contribution in [0.1, 0.15) is 53.4 Å². The molecule has 1 aliphatic heterocycles. The number of piperidine rings is 1. The van der Waals surface area contributed by atoms with E-state index in [0.717, 1.165) is 32.0 Å². The summed E-state index contributed by atoms with van der Waals surface area (Å²) in [5.74, 6) is 0.971. The van der Waals surface area contributed by atoms with Crippen LogP contribution in [-0.4, -0.2) is 49.1 Å². The maximum atomic E-state index is 4.78. The number of aliphatic imine (C=N–C) groups is 1. The lowest BCUT2D eigenvalue weighted by Crippen LogP contribution is -2.44. The molecule has 2 N–H and O–H groups in total. The standard InChI is InChI=1S/C15H32N4.HI/c1-5-13(4)18-15(16-6-2)17-12-14-10-8-9-11-19(14)7-3;/h13-14H,5-12H2,1-4H3,(H2,16,17,18);1H. The Balaban J connectivity index is 0.00000361. The highest BCUT2D eigenvalue weighted by molar-refractivity contribution is 14.0. The van der Waals surface area contributed by atoms with Crippen LogP contribution in [0.5, 0.6) is 0 Å². The van der Waals surface area contributed by atoms with E-state index in [1.807, 2.05) is 0 Å². The number of hydrogen-bond donors (Lipinski definition) is 2. The number of hydrogen-bond acceptors (Lipinski definition) is 2. The average Bonchev–Trinajstić information content (AvgIpc) is 2.45. The highest BCUT2D eigenvalue weighted by Gasteiger charge is 2.20. The van der Waals surface area contributed by atoms with Crippen LogP contribution in [0.2, 0.25) is 0 Å². The van der Waals surface area contributed by atoms with Crippen molar-refractivity contribution in [1.82, 2.24) is 15.5 Å². The molecule has 0 saturated carbocycles. The van der Waals surface area contributed by atoms with Gasteiger partial charge >= 0.3 is 0 Å². The number of nitrogens with one attached hydrogen (secondary N) is 2. The first kappa shape index (κ1) is 20.0. The quantitative estimate of drug-likeness (QED) is 0.412. The molecule has 0 amide bonds. The highest BCUT2D eigenvalue weighted by Crippen LogP contribution is 2.16. The zero-order valence-electron chi connectivity index (χ0n) is 13.6. The summed E-state index contributed by atoms with van der Waals surface area (Å²) in [7, 11) is 0. The lowest BCUT2D eigenvalue weighted by atomic mass is 10.0. The van der Waals surface area contributed by atoms with Gasteiger partial charge in [0, 0.05) is 18.6 Å². The number of rotatable bonds is 6. The van der Waals surface area contributed by atoms with Crippen molar-refractivity contribution < 1.29 is 0 Å². The Morgan fingerprint density at radius 1 is 1.30 bits per heavy atom. The van der Waals surface area contributed by atoms with E-state index in [-0.39, 0.29) is 24.0 Å². The van der Waals surface area contributed by atoms with Gasteiger partial charge in [-0.25, -0.2) is 0 Å². The van der Waals surface area contributed by atoms with Crippen LogP contribution in [-0.2, 0) is 0 Å². The van der Waals surface area contributed by atoms with Crippen molar-refractivity contribution in [3.63, 3.8) is 0 Å². The summed E-state index contributed by atoms with van der Waals surface area (Å²) in [6, 6.07) is 1.11. The largest absolute Gasteiger partial charge is 0.357 e. The van der Waals surface area contributed by atoms with E-state index in [1.165, 1.54) is 25.8 Å². The fourth-order valence-electron chi connectivity index (χ4n) is 2.54. The number of likely N-dealkylation sites (N-methyl/N-ethyl adjacent to an activating group) is 1. The van der Waals surface area contributed by atoms with Gasteiger partial charge in [-0.3, -0.25) is 9.89 Å². The molecule has 1 heterocycles. The van der Waals surface area contributed by atoms with Crippen LogP contribution in [0.3, 0.4) is 0 Å². The van der Waals surface area contributed by atoms with Crippen LogP contribution < -0.4 is 10.6 Å². The van der Waals surface area contributed by atoms with Crippen molar-refractivity contribution in [2.24, 2.45) is 4.99 Å². The minimum Gasteiger partial charge on any atom is -0.357 e. The zero-order chi connectivity index (χ0) is 14.1. The molecule has 2 unspecified atom stereocenters. The van der Waals surface area contributed by atoms with Gasteiger partial charge in [0.25, 0.3) is 0 Å². The molecule has 0 radical (unpaired) electrons. The van der Waals surface area contributed by atoms with E-state index in [1.54, 1.807) is 0 Å². The van der Waals surface area contributed by atoms with Gasteiger partial charge in [-0.05, 0) is 46.2 Å². The lowest BCUT2D eigenvalue weighted by Gasteiger charge is -2.34. The Kier molecular flexibility index (Phi) is 11.6. The van der Waals surface area contributed by atoms with Crippen molar-refractivity contribution in [3.05, 3.63) is 0 Å². The first-order valence-electron chi connectivity index (χ1n) is 8.00. The maximum Gasteiger partial charge on any atom is 0.191 e. The van der Waals surface area contributed by atoms with Crippen LogP contribution in [0.25, 0.3) is 0 Å². The predicted octanol–water partition coefficient (Wildman–Crippen LogP) is 2.83. The van der Waals surface area contributed by atoms with Gasteiger partial charge in [-0.15, -0.1) is 24.0 Å². The first-order chi connectivity index (χ1) is 9.21. The van der Waals surface area contributed by atoms with Crippen LogP contribution >= 0.6 is 24.0 Å². The van der Waals surface area contributed by atoms with E-state index in [9.17, 15) is 0 Å². The molecule has 0 aliphatic carbocycles. The molecule has 2 atom stereocenters. The topological polar surface area (TPSA) is 39.7 Å². The molecule has 120 valence electrons. The van der Waals surface area contributed by atoms with Gasteiger partial charge < -0.3 is 10.6 Å². The van der Waals surface area contributed by atoms with Gasteiger partial charge in [-0.2, -0.15) is 0 Å². The average molecular weight is 396 g/mol. The molecule has 4 nitrogen and oxygen atoms in total. The molecule has 1 aliphatic rings. The molecule has 20 heavy (non-hydrogen) atoms. The van der Waals surface area contributed by atoms with Gasteiger partial charge in [0.1, 0.15) is 0 Å². The molecule has 5 heteroatoms. The summed E-state index contributed by atoms with van der Waals surface area (Å²) in [4.78, 5) is 7.35. The van der Waals surface area contributed by atoms with E-state index < -0.39 is 0 Å². The fraction of sp³-hybridized carbons (Fsp3) is 0.933. The molecule has 1 saturated heterocycles. The summed E-state index contributed by atoms with van der Waals surface area (Å²) < 4.78 is 0. The highest BCUT2D eigenvalue weighted by atomic mass is 127. The Labute approximate surface area is 142 Å². The zero-order valence-corrected chi connectivity index (χ0v) is 15.9. The Bertz CT molecular complexity index is 271. The molecule has 0 aromatic heterocycles. The second-order valence-electron chi connectivity index (χ2n) is 5.45. The summed E-state index contributed by atoms with van der Waals surface area (Å²) in [6.45, 7) is 13.0. The van der Waals surface area contributed by atoms with Crippen molar-refractivity contribution in [1.29, 1.82) is 0 Å². The van der Waals surface area contributed by atoms with E-state index in [0.29, 0.717) is 12.1 Å². The monoisotopic (exact) mass is 396 g/mol. The van der Waals surface area contributed by atoms with Gasteiger partial charge in [0.05, 0.1) is 6.54 Å². The third-order valence-electron chi connectivity index (χ3n) is 3.96. The second kappa shape index (κ2) is 11.6. The van der Waals surface area contributed by atoms with E-state index >= 15 is 0 Å². The van der Waals surface area contributed by atoms with Crippen molar-refractivity contribution in [3.8, 4) is 0 Å². The number of nitrogens with zero attached hydrogens (tertiary/aromatic N) is 2. The molecule has 1 fully saturated rings. The van der Waals surface area contributed by atoms with Crippen LogP contribution in [0, 0.1) is 0 Å². The molecule has 1 rings (SSSR count). The molecular weight excluding hydrogens is 363 g/mol. The lowest BCUT2D eigenvalue weighted by molar-refractivity contribution is 0.161. The van der Waals surface area contributed by atoms with Crippen LogP contribution in [0.15, 0.2) is 4.99 Å². The number of likely N-dealkylation sites (tertiary alicyclic amines) is 1. The van der Waals surface area contributed by atoms with E-state index in [4.69, 9.17) is 4.99 Å². The maximum absolute atomic E-state index is 4.78. The van der Waals surface area contributed by atoms with Gasteiger partial charge in [0.2, 0.25) is 0 Å². The van der Waals surface area contributed by atoms with Crippen molar-refractivity contribution in [2.45, 2.75) is 65.5 Å². The third-order valence-corrected chi connectivity index (χ3v) is 3.96. The van der Waals surface area contributed by atoms with Crippen molar-refractivity contribution in [2.75, 3.05) is 26.2 Å². The van der Waals surface area contributed by atoms with Gasteiger partial charge in [-0.1, -0.05) is 20.3 Å². The van der Waals surface area contributed by atoms with E-state index in [2.05, 4.69) is 43.2 Å². The first-order valence-corrected chi connectivity index (χ1v) is 8.00. The minimum absolute atomic E-state index is 0. The summed E-state index contributed by atoms with van der Waals surface area (Å²) in [5.41, 5.74) is 0. The molecule has 0 aromatic carbocycles. The Hall–Kier alpha value is -0.0400. The smallest absolute Gasteiger partial charge is 0.191 e.